The van der Waals surface area contributed by atoms with Crippen molar-refractivity contribution in [1.82, 2.24) is 4.98 Å². The van der Waals surface area contributed by atoms with E-state index in [0.717, 1.165) is 23.3 Å². The zero-order chi connectivity index (χ0) is 15.2. The summed E-state index contributed by atoms with van der Waals surface area (Å²) in [6.07, 6.45) is 3.33. The number of pyridine rings is 1. The molecule has 0 aliphatic heterocycles. The standard InChI is InChI=1S/C19H17NOS/c21-18(15-7-2-1-3-8-15)11-6-14-22-19-12-13-20-17-10-5-4-9-16(17)19/h1-5,7-10,12-13H,6,11,14H2. The summed E-state index contributed by atoms with van der Waals surface area (Å²) in [5.41, 5.74) is 1.83. The number of carbonyl (C=O) groups excluding carboxylic acids is 1. The van der Waals surface area contributed by atoms with Crippen LogP contribution in [0, 0.1) is 0 Å². The Hall–Kier alpha value is -2.13. The summed E-state index contributed by atoms with van der Waals surface area (Å²) in [5.74, 6) is 1.16. The molecule has 0 bridgehead atoms. The summed E-state index contributed by atoms with van der Waals surface area (Å²) < 4.78 is 0. The van der Waals surface area contributed by atoms with E-state index >= 15 is 0 Å². The summed E-state index contributed by atoms with van der Waals surface area (Å²) in [6, 6.07) is 19.7. The van der Waals surface area contributed by atoms with E-state index in [-0.39, 0.29) is 5.78 Å². The van der Waals surface area contributed by atoms with Gasteiger partial charge in [-0.3, -0.25) is 9.78 Å². The Morgan fingerprint density at radius 1 is 0.955 bits per heavy atom. The van der Waals surface area contributed by atoms with Crippen LogP contribution in [0.4, 0.5) is 0 Å². The van der Waals surface area contributed by atoms with Crippen molar-refractivity contribution in [1.29, 1.82) is 0 Å². The molecule has 0 amide bonds. The van der Waals surface area contributed by atoms with Crippen LogP contribution in [0.15, 0.2) is 71.8 Å². The number of fused-ring (bicyclic) bond motifs is 1. The normalized spacial score (nSPS) is 10.7. The molecule has 0 fully saturated rings. The van der Waals surface area contributed by atoms with E-state index in [1.54, 1.807) is 11.8 Å². The molecule has 0 spiro atoms. The maximum absolute atomic E-state index is 12.0. The number of carbonyl (C=O) groups is 1. The lowest BCUT2D eigenvalue weighted by Gasteiger charge is -2.05. The number of hydrogen-bond acceptors (Lipinski definition) is 3. The van der Waals surface area contributed by atoms with E-state index in [9.17, 15) is 4.79 Å². The molecule has 22 heavy (non-hydrogen) atoms. The van der Waals surface area contributed by atoms with Gasteiger partial charge >= 0.3 is 0 Å². The fraction of sp³-hybridized carbons (Fsp3) is 0.158. The van der Waals surface area contributed by atoms with Crippen LogP contribution in [0.25, 0.3) is 10.9 Å². The third-order valence-electron chi connectivity index (χ3n) is 3.51. The molecular weight excluding hydrogens is 290 g/mol. The van der Waals surface area contributed by atoms with E-state index in [2.05, 4.69) is 11.1 Å². The van der Waals surface area contributed by atoms with Gasteiger partial charge in [0.25, 0.3) is 0 Å². The predicted octanol–water partition coefficient (Wildman–Crippen LogP) is 4.99. The Morgan fingerprint density at radius 2 is 1.73 bits per heavy atom. The summed E-state index contributed by atoms with van der Waals surface area (Å²) >= 11 is 1.79. The van der Waals surface area contributed by atoms with Gasteiger partial charge in [-0.2, -0.15) is 0 Å². The van der Waals surface area contributed by atoms with Gasteiger partial charge in [0, 0.05) is 28.5 Å². The minimum absolute atomic E-state index is 0.223. The SMILES string of the molecule is O=C(CCCSc1ccnc2ccccc12)c1ccccc1. The van der Waals surface area contributed by atoms with Crippen molar-refractivity contribution in [3.05, 3.63) is 72.4 Å². The smallest absolute Gasteiger partial charge is 0.162 e. The minimum Gasteiger partial charge on any atom is -0.294 e. The van der Waals surface area contributed by atoms with Crippen molar-refractivity contribution in [3.63, 3.8) is 0 Å². The fourth-order valence-corrected chi connectivity index (χ4v) is 3.37. The van der Waals surface area contributed by atoms with Gasteiger partial charge in [0.05, 0.1) is 5.52 Å². The average Bonchev–Trinajstić information content (AvgIpc) is 2.59. The second-order valence-corrected chi connectivity index (χ2v) is 6.20. The Balaban J connectivity index is 1.56. The number of para-hydroxylation sites is 1. The van der Waals surface area contributed by atoms with E-state index < -0.39 is 0 Å². The van der Waals surface area contributed by atoms with Gasteiger partial charge in [-0.05, 0) is 24.3 Å². The molecule has 1 aromatic heterocycles. The van der Waals surface area contributed by atoms with E-state index in [4.69, 9.17) is 0 Å². The van der Waals surface area contributed by atoms with Crippen LogP contribution in [-0.4, -0.2) is 16.5 Å². The molecule has 0 atom stereocenters. The van der Waals surface area contributed by atoms with Crippen molar-refractivity contribution in [3.8, 4) is 0 Å². The largest absolute Gasteiger partial charge is 0.294 e. The number of thioether (sulfide) groups is 1. The van der Waals surface area contributed by atoms with Crippen LogP contribution in [0.2, 0.25) is 0 Å². The third-order valence-corrected chi connectivity index (χ3v) is 4.67. The zero-order valence-electron chi connectivity index (χ0n) is 12.2. The van der Waals surface area contributed by atoms with Crippen LogP contribution >= 0.6 is 11.8 Å². The molecule has 1 heterocycles. The molecule has 110 valence electrons. The van der Waals surface area contributed by atoms with E-state index in [0.29, 0.717) is 6.42 Å². The highest BCUT2D eigenvalue weighted by Gasteiger charge is 2.06. The molecule has 3 heteroatoms. The van der Waals surface area contributed by atoms with Crippen molar-refractivity contribution in [2.45, 2.75) is 17.7 Å². The molecule has 0 aliphatic rings. The molecule has 0 unspecified atom stereocenters. The second-order valence-electron chi connectivity index (χ2n) is 5.07. The lowest BCUT2D eigenvalue weighted by molar-refractivity contribution is 0.0982. The number of rotatable bonds is 6. The first-order valence-electron chi connectivity index (χ1n) is 7.39. The van der Waals surface area contributed by atoms with Crippen molar-refractivity contribution in [2.24, 2.45) is 0 Å². The Bertz CT molecular complexity index is 765. The van der Waals surface area contributed by atoms with Crippen molar-refractivity contribution >= 4 is 28.4 Å². The average molecular weight is 307 g/mol. The topological polar surface area (TPSA) is 30.0 Å². The predicted molar refractivity (Wildman–Crippen MR) is 92.5 cm³/mol. The maximum atomic E-state index is 12.0. The highest BCUT2D eigenvalue weighted by Crippen LogP contribution is 2.27. The van der Waals surface area contributed by atoms with Crippen LogP contribution in [0.3, 0.4) is 0 Å². The van der Waals surface area contributed by atoms with Gasteiger partial charge < -0.3 is 0 Å². The summed E-state index contributed by atoms with van der Waals surface area (Å²) in [4.78, 5) is 17.7. The molecule has 0 saturated heterocycles. The molecular formula is C19H17NOS. The van der Waals surface area contributed by atoms with Crippen molar-refractivity contribution in [2.75, 3.05) is 5.75 Å². The Kier molecular flexibility index (Phi) is 4.86. The van der Waals surface area contributed by atoms with E-state index in [1.807, 2.05) is 60.8 Å². The van der Waals surface area contributed by atoms with Gasteiger partial charge in [0.1, 0.15) is 0 Å². The molecule has 2 aromatic carbocycles. The van der Waals surface area contributed by atoms with Crippen LogP contribution in [0.1, 0.15) is 23.2 Å². The lowest BCUT2D eigenvalue weighted by Crippen LogP contribution is -1.99. The minimum atomic E-state index is 0.223. The van der Waals surface area contributed by atoms with Gasteiger partial charge in [-0.1, -0.05) is 48.5 Å². The maximum Gasteiger partial charge on any atom is 0.162 e. The first-order chi connectivity index (χ1) is 10.8. The molecule has 0 N–H and O–H groups in total. The number of ketones is 1. The third kappa shape index (κ3) is 3.55. The van der Waals surface area contributed by atoms with E-state index in [1.165, 1.54) is 10.3 Å². The molecule has 3 aromatic rings. The Labute approximate surface area is 134 Å². The molecule has 0 radical (unpaired) electrons. The van der Waals surface area contributed by atoms with Gasteiger partial charge in [0.2, 0.25) is 0 Å². The quantitative estimate of drug-likeness (QED) is 0.365. The lowest BCUT2D eigenvalue weighted by atomic mass is 10.1. The van der Waals surface area contributed by atoms with Crippen molar-refractivity contribution < 1.29 is 4.79 Å². The zero-order valence-corrected chi connectivity index (χ0v) is 13.1. The summed E-state index contributed by atoms with van der Waals surface area (Å²) in [6.45, 7) is 0. The second kappa shape index (κ2) is 7.23. The van der Waals surface area contributed by atoms with Crippen LogP contribution < -0.4 is 0 Å². The van der Waals surface area contributed by atoms with Gasteiger partial charge in [-0.25, -0.2) is 0 Å². The van der Waals surface area contributed by atoms with Crippen LogP contribution in [-0.2, 0) is 0 Å². The highest BCUT2D eigenvalue weighted by atomic mass is 32.2. The molecule has 0 aliphatic carbocycles. The number of benzene rings is 2. The Morgan fingerprint density at radius 3 is 2.59 bits per heavy atom. The molecule has 3 rings (SSSR count). The van der Waals surface area contributed by atoms with Gasteiger partial charge in [-0.15, -0.1) is 11.8 Å². The summed E-state index contributed by atoms with van der Waals surface area (Å²) in [5, 5.41) is 1.18. The van der Waals surface area contributed by atoms with Crippen LogP contribution in [0.5, 0.6) is 0 Å². The fourth-order valence-electron chi connectivity index (χ4n) is 2.38. The number of aromatic nitrogens is 1. The summed E-state index contributed by atoms with van der Waals surface area (Å²) in [7, 11) is 0. The number of Topliss-reactive ketones (excluding diaryl/α,β-unsaturated/α-hetero) is 1. The highest BCUT2D eigenvalue weighted by molar-refractivity contribution is 7.99. The molecule has 0 saturated carbocycles. The monoisotopic (exact) mass is 307 g/mol. The number of nitrogens with zero attached hydrogens (tertiary/aromatic N) is 1. The molecule has 2 nitrogen and oxygen atoms in total. The first kappa shape index (κ1) is 14.8. The van der Waals surface area contributed by atoms with Gasteiger partial charge in [0.15, 0.2) is 5.78 Å². The number of hydrogen-bond donors (Lipinski definition) is 0. The first-order valence-corrected chi connectivity index (χ1v) is 8.38.